The van der Waals surface area contributed by atoms with Gasteiger partial charge in [0.05, 0.1) is 11.6 Å². The van der Waals surface area contributed by atoms with Crippen LogP contribution in [0, 0.1) is 11.7 Å². The SMILES string of the molecule is O=C(CN1CC2CCCNC2C1)Nc1ccc(F)c(Cl)c1. The van der Waals surface area contributed by atoms with Crippen LogP contribution in [0.25, 0.3) is 0 Å². The Morgan fingerprint density at radius 1 is 1.48 bits per heavy atom. The van der Waals surface area contributed by atoms with Crippen LogP contribution in [0.3, 0.4) is 0 Å². The van der Waals surface area contributed by atoms with E-state index in [0.717, 1.165) is 19.6 Å². The van der Waals surface area contributed by atoms with Gasteiger partial charge in [-0.05, 0) is 43.5 Å². The standard InChI is InChI=1S/C15H19ClFN3O/c16-12-6-11(3-4-13(12)17)19-15(21)9-20-7-10-2-1-5-18-14(10)8-20/h3-4,6,10,14,18H,1-2,5,7-9H2,(H,19,21). The van der Waals surface area contributed by atoms with Crippen LogP contribution in [-0.2, 0) is 4.79 Å². The Kier molecular flexibility index (Phi) is 4.42. The van der Waals surface area contributed by atoms with E-state index in [1.54, 1.807) is 0 Å². The van der Waals surface area contributed by atoms with Gasteiger partial charge in [0.15, 0.2) is 0 Å². The molecule has 4 nitrogen and oxygen atoms in total. The fraction of sp³-hybridized carbons (Fsp3) is 0.533. The Balaban J connectivity index is 1.53. The Hall–Kier alpha value is -1.17. The van der Waals surface area contributed by atoms with Crippen molar-refractivity contribution >= 4 is 23.2 Å². The number of hydrogen-bond donors (Lipinski definition) is 2. The number of halogens is 2. The third-order valence-electron chi connectivity index (χ3n) is 4.25. The van der Waals surface area contributed by atoms with Crippen LogP contribution < -0.4 is 10.6 Å². The molecule has 2 unspecified atom stereocenters. The molecule has 2 aliphatic heterocycles. The minimum Gasteiger partial charge on any atom is -0.325 e. The van der Waals surface area contributed by atoms with Gasteiger partial charge in [0.1, 0.15) is 5.82 Å². The largest absolute Gasteiger partial charge is 0.325 e. The van der Waals surface area contributed by atoms with Crippen LogP contribution in [0.1, 0.15) is 12.8 Å². The van der Waals surface area contributed by atoms with Crippen molar-refractivity contribution in [1.29, 1.82) is 0 Å². The quantitative estimate of drug-likeness (QED) is 0.898. The molecule has 114 valence electrons. The Morgan fingerprint density at radius 3 is 3.10 bits per heavy atom. The summed E-state index contributed by atoms with van der Waals surface area (Å²) >= 11 is 5.71. The van der Waals surface area contributed by atoms with Crippen molar-refractivity contribution in [3.8, 4) is 0 Å². The molecule has 0 spiro atoms. The van der Waals surface area contributed by atoms with Gasteiger partial charge in [0.25, 0.3) is 0 Å². The van der Waals surface area contributed by atoms with Gasteiger partial charge in [0, 0.05) is 24.8 Å². The van der Waals surface area contributed by atoms with Gasteiger partial charge in [-0.1, -0.05) is 11.6 Å². The van der Waals surface area contributed by atoms with Crippen molar-refractivity contribution in [2.24, 2.45) is 5.92 Å². The molecule has 0 aromatic heterocycles. The molecule has 2 N–H and O–H groups in total. The molecule has 21 heavy (non-hydrogen) atoms. The number of carbonyl (C=O) groups excluding carboxylic acids is 1. The van der Waals surface area contributed by atoms with Crippen LogP contribution in [0.5, 0.6) is 0 Å². The normalized spacial score (nSPS) is 25.6. The van der Waals surface area contributed by atoms with E-state index in [0.29, 0.717) is 24.2 Å². The summed E-state index contributed by atoms with van der Waals surface area (Å²) in [6.07, 6.45) is 2.46. The lowest BCUT2D eigenvalue weighted by Crippen LogP contribution is -2.41. The number of benzene rings is 1. The third kappa shape index (κ3) is 3.54. The number of amides is 1. The molecule has 0 radical (unpaired) electrons. The molecular weight excluding hydrogens is 293 g/mol. The second kappa shape index (κ2) is 6.30. The smallest absolute Gasteiger partial charge is 0.238 e. The fourth-order valence-electron chi connectivity index (χ4n) is 3.24. The molecule has 0 aliphatic carbocycles. The number of rotatable bonds is 3. The number of hydrogen-bond acceptors (Lipinski definition) is 3. The molecule has 2 atom stereocenters. The average Bonchev–Trinajstić information content (AvgIpc) is 2.84. The molecule has 2 fully saturated rings. The van der Waals surface area contributed by atoms with E-state index >= 15 is 0 Å². The number of fused-ring (bicyclic) bond motifs is 1. The topological polar surface area (TPSA) is 44.4 Å². The Bertz CT molecular complexity index is 526. The third-order valence-corrected chi connectivity index (χ3v) is 4.54. The molecule has 2 heterocycles. The molecule has 2 aliphatic rings. The van der Waals surface area contributed by atoms with E-state index in [9.17, 15) is 9.18 Å². The van der Waals surface area contributed by atoms with E-state index < -0.39 is 5.82 Å². The van der Waals surface area contributed by atoms with E-state index in [1.807, 2.05) is 0 Å². The Labute approximate surface area is 128 Å². The van der Waals surface area contributed by atoms with Crippen LogP contribution in [0.15, 0.2) is 18.2 Å². The zero-order valence-corrected chi connectivity index (χ0v) is 12.5. The monoisotopic (exact) mass is 311 g/mol. The van der Waals surface area contributed by atoms with Crippen molar-refractivity contribution in [3.63, 3.8) is 0 Å². The molecule has 1 aromatic rings. The highest BCUT2D eigenvalue weighted by atomic mass is 35.5. The maximum atomic E-state index is 13.1. The summed E-state index contributed by atoms with van der Waals surface area (Å²) < 4.78 is 13.1. The van der Waals surface area contributed by atoms with Crippen molar-refractivity contribution in [1.82, 2.24) is 10.2 Å². The van der Waals surface area contributed by atoms with Gasteiger partial charge in [-0.25, -0.2) is 4.39 Å². The number of likely N-dealkylation sites (tertiary alicyclic amines) is 1. The number of anilines is 1. The van der Waals surface area contributed by atoms with Gasteiger partial charge >= 0.3 is 0 Å². The summed E-state index contributed by atoms with van der Waals surface area (Å²) in [6.45, 7) is 3.33. The minimum atomic E-state index is -0.482. The van der Waals surface area contributed by atoms with E-state index in [4.69, 9.17) is 11.6 Å². The lowest BCUT2D eigenvalue weighted by atomic mass is 9.94. The van der Waals surface area contributed by atoms with Crippen LogP contribution in [0.4, 0.5) is 10.1 Å². The lowest BCUT2D eigenvalue weighted by Gasteiger charge is -2.24. The molecule has 6 heteroatoms. The summed E-state index contributed by atoms with van der Waals surface area (Å²) in [5.74, 6) is 0.0903. The van der Waals surface area contributed by atoms with Crippen LogP contribution >= 0.6 is 11.6 Å². The molecule has 1 amide bonds. The highest BCUT2D eigenvalue weighted by Gasteiger charge is 2.34. The fourth-order valence-corrected chi connectivity index (χ4v) is 3.42. The summed E-state index contributed by atoms with van der Waals surface area (Å²) in [7, 11) is 0. The summed E-state index contributed by atoms with van der Waals surface area (Å²) in [5.41, 5.74) is 0.529. The lowest BCUT2D eigenvalue weighted by molar-refractivity contribution is -0.117. The van der Waals surface area contributed by atoms with Crippen molar-refractivity contribution in [3.05, 3.63) is 29.0 Å². The molecule has 0 bridgehead atoms. The number of nitrogens with zero attached hydrogens (tertiary/aromatic N) is 1. The molecule has 2 saturated heterocycles. The van der Waals surface area contributed by atoms with Crippen LogP contribution in [-0.4, -0.2) is 43.0 Å². The highest BCUT2D eigenvalue weighted by molar-refractivity contribution is 6.31. The maximum Gasteiger partial charge on any atom is 0.238 e. The zero-order chi connectivity index (χ0) is 14.8. The number of carbonyl (C=O) groups is 1. The summed E-state index contributed by atoms with van der Waals surface area (Å²) in [4.78, 5) is 14.2. The number of piperidine rings is 1. The average molecular weight is 312 g/mol. The molecule has 3 rings (SSSR count). The molecule has 0 saturated carbocycles. The van der Waals surface area contributed by atoms with E-state index in [1.165, 1.54) is 31.0 Å². The van der Waals surface area contributed by atoms with Gasteiger partial charge in [-0.2, -0.15) is 0 Å². The first-order valence-corrected chi connectivity index (χ1v) is 7.70. The predicted molar refractivity (Wildman–Crippen MR) is 81.0 cm³/mol. The Morgan fingerprint density at radius 2 is 2.33 bits per heavy atom. The summed E-state index contributed by atoms with van der Waals surface area (Å²) in [5, 5.41) is 6.30. The maximum absolute atomic E-state index is 13.1. The highest BCUT2D eigenvalue weighted by Crippen LogP contribution is 2.25. The van der Waals surface area contributed by atoms with Crippen molar-refractivity contribution in [2.75, 3.05) is 31.5 Å². The minimum absolute atomic E-state index is 0.0178. The first-order valence-electron chi connectivity index (χ1n) is 7.32. The van der Waals surface area contributed by atoms with E-state index in [-0.39, 0.29) is 10.9 Å². The van der Waals surface area contributed by atoms with Gasteiger partial charge < -0.3 is 10.6 Å². The molecular formula is C15H19ClFN3O. The van der Waals surface area contributed by atoms with Gasteiger partial charge in [-0.3, -0.25) is 9.69 Å². The zero-order valence-electron chi connectivity index (χ0n) is 11.7. The van der Waals surface area contributed by atoms with Gasteiger partial charge in [0.2, 0.25) is 5.91 Å². The second-order valence-corrected chi connectivity index (χ2v) is 6.24. The van der Waals surface area contributed by atoms with Crippen LogP contribution in [0.2, 0.25) is 5.02 Å². The van der Waals surface area contributed by atoms with Crippen molar-refractivity contribution in [2.45, 2.75) is 18.9 Å². The second-order valence-electron chi connectivity index (χ2n) is 5.83. The van der Waals surface area contributed by atoms with Crippen molar-refractivity contribution < 1.29 is 9.18 Å². The summed E-state index contributed by atoms with van der Waals surface area (Å²) in [6, 6.07) is 4.73. The molecule has 1 aromatic carbocycles. The first-order chi connectivity index (χ1) is 10.1. The van der Waals surface area contributed by atoms with E-state index in [2.05, 4.69) is 15.5 Å². The first kappa shape index (κ1) is 14.8. The predicted octanol–water partition coefficient (Wildman–Crippen LogP) is 2.10. The van der Waals surface area contributed by atoms with Gasteiger partial charge in [-0.15, -0.1) is 0 Å². The number of nitrogens with one attached hydrogen (secondary N) is 2.